The number of hydrogen-bond donors (Lipinski definition) is 0. The van der Waals surface area contributed by atoms with Crippen LogP contribution in [0.25, 0.3) is 0 Å². The van der Waals surface area contributed by atoms with Crippen molar-refractivity contribution in [2.75, 3.05) is 0 Å². The summed E-state index contributed by atoms with van der Waals surface area (Å²) in [6.07, 6.45) is 0.715. The van der Waals surface area contributed by atoms with Gasteiger partial charge in [0.2, 0.25) is 0 Å². The molecule has 1 rings (SSSR count). The summed E-state index contributed by atoms with van der Waals surface area (Å²) in [4.78, 5) is 0. The molecule has 0 N–H and O–H groups in total. The zero-order chi connectivity index (χ0) is 8.43. The largest absolute Gasteiger partial charge is 0.204 e. The summed E-state index contributed by atoms with van der Waals surface area (Å²) in [6, 6.07) is 3.25. The third-order valence-corrected chi connectivity index (χ3v) is 2.20. The minimum atomic E-state index is -0.521. The highest BCUT2D eigenvalue weighted by Gasteiger charge is 2.07. The van der Waals surface area contributed by atoms with Gasteiger partial charge >= 0.3 is 0 Å². The first-order chi connectivity index (χ1) is 5.16. The monoisotopic (exact) mass is 192 g/mol. The lowest BCUT2D eigenvalue weighted by Crippen LogP contribution is -1.86. The van der Waals surface area contributed by atoms with Crippen LogP contribution in [0.2, 0.25) is 10.0 Å². The molecule has 0 bridgehead atoms. The average molecular weight is 193 g/mol. The Balaban J connectivity index is 3.25. The van der Waals surface area contributed by atoms with Gasteiger partial charge in [-0.25, -0.2) is 4.39 Å². The molecule has 0 aliphatic carbocycles. The van der Waals surface area contributed by atoms with Crippen molar-refractivity contribution >= 4 is 23.2 Å². The second kappa shape index (κ2) is 3.42. The number of rotatable bonds is 1. The van der Waals surface area contributed by atoms with E-state index in [-0.39, 0.29) is 10.0 Å². The number of benzene rings is 1. The van der Waals surface area contributed by atoms with E-state index in [0.29, 0.717) is 6.42 Å². The van der Waals surface area contributed by atoms with Crippen LogP contribution in [0.4, 0.5) is 4.39 Å². The second-order valence-electron chi connectivity index (χ2n) is 2.19. The van der Waals surface area contributed by atoms with Gasteiger partial charge in [0.05, 0.1) is 10.0 Å². The lowest BCUT2D eigenvalue weighted by molar-refractivity contribution is 0.626. The van der Waals surface area contributed by atoms with E-state index in [1.165, 1.54) is 6.07 Å². The second-order valence-corrected chi connectivity index (χ2v) is 2.97. The van der Waals surface area contributed by atoms with Crippen molar-refractivity contribution in [2.24, 2.45) is 0 Å². The standard InChI is InChI=1S/C8H7Cl2F/c1-2-5-3-4-6(9)8(11)7(5)10/h3-4H,2H2,1H3. The quantitative estimate of drug-likeness (QED) is 0.596. The maximum Gasteiger partial charge on any atom is 0.160 e. The van der Waals surface area contributed by atoms with E-state index in [0.717, 1.165) is 5.56 Å². The molecule has 0 amide bonds. The molecule has 0 spiro atoms. The maximum absolute atomic E-state index is 12.9. The zero-order valence-electron chi connectivity index (χ0n) is 6.00. The van der Waals surface area contributed by atoms with Crippen LogP contribution in [0, 0.1) is 5.82 Å². The van der Waals surface area contributed by atoms with Crippen molar-refractivity contribution in [3.8, 4) is 0 Å². The van der Waals surface area contributed by atoms with Gasteiger partial charge in [0.25, 0.3) is 0 Å². The Morgan fingerprint density at radius 2 is 2.00 bits per heavy atom. The fourth-order valence-electron chi connectivity index (χ4n) is 0.839. The molecule has 0 atom stereocenters. The van der Waals surface area contributed by atoms with Gasteiger partial charge in [0, 0.05) is 0 Å². The smallest absolute Gasteiger partial charge is 0.160 e. The van der Waals surface area contributed by atoms with Crippen molar-refractivity contribution in [2.45, 2.75) is 13.3 Å². The first kappa shape index (κ1) is 8.82. The van der Waals surface area contributed by atoms with Crippen molar-refractivity contribution in [1.82, 2.24) is 0 Å². The molecule has 0 saturated carbocycles. The van der Waals surface area contributed by atoms with Gasteiger partial charge in [-0.1, -0.05) is 36.2 Å². The number of aryl methyl sites for hydroxylation is 1. The van der Waals surface area contributed by atoms with Gasteiger partial charge in [0.1, 0.15) is 0 Å². The van der Waals surface area contributed by atoms with E-state index in [1.54, 1.807) is 6.07 Å². The van der Waals surface area contributed by atoms with E-state index >= 15 is 0 Å². The third-order valence-electron chi connectivity index (χ3n) is 1.50. The van der Waals surface area contributed by atoms with Crippen LogP contribution in [-0.4, -0.2) is 0 Å². The molecule has 0 fully saturated rings. The van der Waals surface area contributed by atoms with Gasteiger partial charge in [-0.05, 0) is 18.1 Å². The molecule has 3 heteroatoms. The Bertz CT molecular complexity index is 271. The topological polar surface area (TPSA) is 0 Å². The van der Waals surface area contributed by atoms with Crippen molar-refractivity contribution in [3.63, 3.8) is 0 Å². The summed E-state index contributed by atoms with van der Waals surface area (Å²) in [5.41, 5.74) is 0.786. The fourth-order valence-corrected chi connectivity index (χ4v) is 1.34. The molecular weight excluding hydrogens is 186 g/mol. The molecule has 0 aliphatic heterocycles. The molecule has 60 valence electrons. The molecule has 11 heavy (non-hydrogen) atoms. The van der Waals surface area contributed by atoms with Gasteiger partial charge in [-0.3, -0.25) is 0 Å². The van der Waals surface area contributed by atoms with Crippen molar-refractivity contribution in [1.29, 1.82) is 0 Å². The Kier molecular flexibility index (Phi) is 2.74. The van der Waals surface area contributed by atoms with Crippen LogP contribution in [0.15, 0.2) is 12.1 Å². The summed E-state index contributed by atoms with van der Waals surface area (Å²) in [7, 11) is 0. The number of halogens is 3. The minimum Gasteiger partial charge on any atom is -0.204 e. The Labute approximate surface area is 74.9 Å². The summed E-state index contributed by atoms with van der Waals surface area (Å²) >= 11 is 11.1. The minimum absolute atomic E-state index is 0.0761. The predicted octanol–water partition coefficient (Wildman–Crippen LogP) is 3.69. The molecule has 0 unspecified atom stereocenters. The highest BCUT2D eigenvalue weighted by molar-refractivity contribution is 6.35. The molecule has 0 aromatic heterocycles. The normalized spacial score (nSPS) is 10.2. The van der Waals surface area contributed by atoms with E-state index in [4.69, 9.17) is 23.2 Å². The van der Waals surface area contributed by atoms with Gasteiger partial charge in [0.15, 0.2) is 5.82 Å². The Morgan fingerprint density at radius 1 is 1.36 bits per heavy atom. The lowest BCUT2D eigenvalue weighted by atomic mass is 10.2. The molecule has 1 aromatic rings. The molecule has 0 aliphatic rings. The molecule has 0 radical (unpaired) electrons. The first-order valence-corrected chi connectivity index (χ1v) is 4.04. The SMILES string of the molecule is CCc1ccc(Cl)c(F)c1Cl. The van der Waals surface area contributed by atoms with Crippen LogP contribution in [0.5, 0.6) is 0 Å². The fraction of sp³-hybridized carbons (Fsp3) is 0.250. The number of hydrogen-bond acceptors (Lipinski definition) is 0. The molecule has 0 nitrogen and oxygen atoms in total. The van der Waals surface area contributed by atoms with E-state index in [1.807, 2.05) is 6.92 Å². The zero-order valence-corrected chi connectivity index (χ0v) is 7.51. The van der Waals surface area contributed by atoms with Gasteiger partial charge < -0.3 is 0 Å². The lowest BCUT2D eigenvalue weighted by Gasteiger charge is -2.02. The Hall–Kier alpha value is -0.270. The van der Waals surface area contributed by atoms with Crippen molar-refractivity contribution in [3.05, 3.63) is 33.6 Å². The molecular formula is C8H7Cl2F. The van der Waals surface area contributed by atoms with Crippen LogP contribution in [-0.2, 0) is 6.42 Å². The predicted molar refractivity (Wildman–Crippen MR) is 45.8 cm³/mol. The van der Waals surface area contributed by atoms with E-state index in [2.05, 4.69) is 0 Å². The van der Waals surface area contributed by atoms with E-state index in [9.17, 15) is 4.39 Å². The van der Waals surface area contributed by atoms with Crippen LogP contribution >= 0.6 is 23.2 Å². The maximum atomic E-state index is 12.9. The first-order valence-electron chi connectivity index (χ1n) is 3.29. The summed E-state index contributed by atoms with van der Waals surface area (Å²) in [5, 5.41) is 0.215. The summed E-state index contributed by atoms with van der Waals surface area (Å²) in [5.74, 6) is -0.521. The van der Waals surface area contributed by atoms with Crippen LogP contribution in [0.1, 0.15) is 12.5 Å². The Morgan fingerprint density at radius 3 is 2.55 bits per heavy atom. The van der Waals surface area contributed by atoms with E-state index < -0.39 is 5.82 Å². The summed E-state index contributed by atoms with van der Waals surface area (Å²) in [6.45, 7) is 1.91. The van der Waals surface area contributed by atoms with Crippen LogP contribution in [0.3, 0.4) is 0 Å². The molecule has 1 aromatic carbocycles. The van der Waals surface area contributed by atoms with Crippen LogP contribution < -0.4 is 0 Å². The van der Waals surface area contributed by atoms with Crippen molar-refractivity contribution < 1.29 is 4.39 Å². The average Bonchev–Trinajstić information content (AvgIpc) is 2.01. The highest BCUT2D eigenvalue weighted by Crippen LogP contribution is 2.26. The van der Waals surface area contributed by atoms with Gasteiger partial charge in [-0.2, -0.15) is 0 Å². The molecule has 0 saturated heterocycles. The van der Waals surface area contributed by atoms with Gasteiger partial charge in [-0.15, -0.1) is 0 Å². The molecule has 0 heterocycles. The third kappa shape index (κ3) is 1.66. The summed E-state index contributed by atoms with van der Waals surface area (Å²) < 4.78 is 12.9. The highest BCUT2D eigenvalue weighted by atomic mass is 35.5.